The van der Waals surface area contributed by atoms with Crippen LogP contribution in [0.4, 0.5) is 0 Å². The first-order valence-electron chi connectivity index (χ1n) is 5.49. The minimum absolute atomic E-state index is 0.183. The van der Waals surface area contributed by atoms with E-state index in [0.29, 0.717) is 27.9 Å². The molecule has 0 fully saturated rings. The van der Waals surface area contributed by atoms with Gasteiger partial charge in [0.2, 0.25) is 5.76 Å². The molecule has 98 valence electrons. The maximum atomic E-state index is 12.0. The number of Topliss-reactive ketones (excluding diaryl/α,β-unsaturated/α-hetero) is 1. The molecule has 2 rings (SSSR count). The van der Waals surface area contributed by atoms with Gasteiger partial charge in [-0.25, -0.2) is 4.79 Å². The maximum Gasteiger partial charge on any atom is 0.371 e. The van der Waals surface area contributed by atoms with Crippen LogP contribution in [-0.4, -0.2) is 24.0 Å². The first kappa shape index (κ1) is 12.9. The van der Waals surface area contributed by atoms with Gasteiger partial charge < -0.3 is 14.3 Å². The van der Waals surface area contributed by atoms with Gasteiger partial charge in [0.15, 0.2) is 5.78 Å². The minimum Gasteiger partial charge on any atom is -0.496 e. The van der Waals surface area contributed by atoms with Gasteiger partial charge in [-0.2, -0.15) is 0 Å². The smallest absolute Gasteiger partial charge is 0.371 e. The van der Waals surface area contributed by atoms with E-state index in [9.17, 15) is 9.59 Å². The van der Waals surface area contributed by atoms with Gasteiger partial charge in [-0.15, -0.1) is 0 Å². The highest BCUT2D eigenvalue weighted by atomic mass is 16.5. The number of allylic oxidation sites excluding steroid dienone is 1. The van der Waals surface area contributed by atoms with E-state index < -0.39 is 5.97 Å². The Hall–Kier alpha value is -2.56. The summed E-state index contributed by atoms with van der Waals surface area (Å²) in [6, 6.07) is 4.41. The van der Waals surface area contributed by atoms with Crippen LogP contribution in [0, 0.1) is 0 Å². The highest BCUT2D eigenvalue weighted by Crippen LogP contribution is 2.29. The van der Waals surface area contributed by atoms with E-state index in [1.807, 2.05) is 0 Å². The Morgan fingerprint density at radius 3 is 2.53 bits per heavy atom. The Bertz CT molecular complexity index is 693. The molecule has 1 N–H and O–H groups in total. The summed E-state index contributed by atoms with van der Waals surface area (Å²) in [7, 11) is 1.43. The van der Waals surface area contributed by atoms with Crippen LogP contribution in [0.25, 0.3) is 11.0 Å². The van der Waals surface area contributed by atoms with Crippen molar-refractivity contribution in [2.75, 3.05) is 7.11 Å². The van der Waals surface area contributed by atoms with Gasteiger partial charge >= 0.3 is 5.97 Å². The first-order chi connectivity index (χ1) is 8.93. The lowest BCUT2D eigenvalue weighted by Gasteiger charge is -2.07. The summed E-state index contributed by atoms with van der Waals surface area (Å²) in [5, 5.41) is 9.40. The van der Waals surface area contributed by atoms with E-state index >= 15 is 0 Å². The second-order valence-electron chi connectivity index (χ2n) is 4.12. The molecule has 0 unspecified atom stereocenters. The molecule has 5 heteroatoms. The van der Waals surface area contributed by atoms with E-state index in [4.69, 9.17) is 14.3 Å². The summed E-state index contributed by atoms with van der Waals surface area (Å²) in [4.78, 5) is 22.8. The average molecular weight is 260 g/mol. The molecule has 0 bridgehead atoms. The number of ketones is 1. The zero-order valence-electron chi connectivity index (χ0n) is 10.5. The summed E-state index contributed by atoms with van der Waals surface area (Å²) in [6.07, 6.45) is 0. The second kappa shape index (κ2) is 4.61. The van der Waals surface area contributed by atoms with Gasteiger partial charge in [-0.1, -0.05) is 6.58 Å². The predicted octanol–water partition coefficient (Wildman–Crippen LogP) is 2.90. The molecule has 0 aliphatic rings. The number of carboxylic acid groups (broad SMARTS) is 1. The Labute approximate surface area is 109 Å². The van der Waals surface area contributed by atoms with Crippen LogP contribution in [0.5, 0.6) is 5.75 Å². The number of methoxy groups -OCH3 is 1. The van der Waals surface area contributed by atoms with Crippen molar-refractivity contribution in [3.05, 3.63) is 41.7 Å². The lowest BCUT2D eigenvalue weighted by atomic mass is 10.0. The highest BCUT2D eigenvalue weighted by Gasteiger charge is 2.18. The first-order valence-corrected chi connectivity index (χ1v) is 5.49. The molecular formula is C14H12O5. The lowest BCUT2D eigenvalue weighted by Crippen LogP contribution is -2.02. The van der Waals surface area contributed by atoms with Crippen LogP contribution in [0.15, 0.2) is 34.8 Å². The Morgan fingerprint density at radius 2 is 2.00 bits per heavy atom. The zero-order valence-corrected chi connectivity index (χ0v) is 10.5. The fraction of sp³-hybridized carbons (Fsp3) is 0.143. The number of hydrogen-bond donors (Lipinski definition) is 1. The average Bonchev–Trinajstić information content (AvgIpc) is 2.78. The molecule has 0 radical (unpaired) electrons. The van der Waals surface area contributed by atoms with Gasteiger partial charge in [0.25, 0.3) is 0 Å². The predicted molar refractivity (Wildman–Crippen MR) is 68.9 cm³/mol. The number of fused-ring (bicyclic) bond motifs is 1. The van der Waals surface area contributed by atoms with E-state index in [1.165, 1.54) is 19.2 Å². The number of aromatic carboxylic acids is 1. The third-order valence-electron chi connectivity index (χ3n) is 2.68. The summed E-state index contributed by atoms with van der Waals surface area (Å²) in [5.74, 6) is -1.27. The third kappa shape index (κ3) is 2.22. The molecule has 0 aliphatic carbocycles. The van der Waals surface area contributed by atoms with E-state index in [0.717, 1.165) is 0 Å². The SMILES string of the molecule is C=C(C)C(=O)c1cc2cc(C(=O)O)oc2cc1OC. The summed E-state index contributed by atoms with van der Waals surface area (Å²) < 4.78 is 10.3. The molecule has 0 saturated carbocycles. The largest absolute Gasteiger partial charge is 0.496 e. The quantitative estimate of drug-likeness (QED) is 0.675. The molecule has 0 atom stereocenters. The fourth-order valence-electron chi connectivity index (χ4n) is 1.75. The van der Waals surface area contributed by atoms with Crippen LogP contribution in [0.2, 0.25) is 0 Å². The van der Waals surface area contributed by atoms with Gasteiger partial charge in [0, 0.05) is 11.5 Å². The number of ether oxygens (including phenoxy) is 1. The topological polar surface area (TPSA) is 76.7 Å². The highest BCUT2D eigenvalue weighted by molar-refractivity contribution is 6.11. The van der Waals surface area contributed by atoms with Crippen molar-refractivity contribution in [1.82, 2.24) is 0 Å². The van der Waals surface area contributed by atoms with Crippen molar-refractivity contribution < 1.29 is 23.8 Å². The van der Waals surface area contributed by atoms with E-state index in [1.54, 1.807) is 13.0 Å². The van der Waals surface area contributed by atoms with Gasteiger partial charge in [0.05, 0.1) is 12.7 Å². The van der Waals surface area contributed by atoms with Crippen LogP contribution in [-0.2, 0) is 0 Å². The summed E-state index contributed by atoms with van der Waals surface area (Å²) in [5.41, 5.74) is 1.06. The molecule has 19 heavy (non-hydrogen) atoms. The fourth-order valence-corrected chi connectivity index (χ4v) is 1.75. The standard InChI is InChI=1S/C14H12O5/c1-7(2)13(15)9-4-8-5-12(14(16)17)19-10(8)6-11(9)18-3/h4-6H,1H2,2-3H3,(H,16,17). The number of carboxylic acids is 1. The molecule has 0 spiro atoms. The maximum absolute atomic E-state index is 12.0. The van der Waals surface area contributed by atoms with Crippen LogP contribution < -0.4 is 4.74 Å². The van der Waals surface area contributed by atoms with Crippen molar-refractivity contribution in [3.63, 3.8) is 0 Å². The number of hydrogen-bond acceptors (Lipinski definition) is 4. The van der Waals surface area contributed by atoms with Crippen molar-refractivity contribution in [2.45, 2.75) is 6.92 Å². The van der Waals surface area contributed by atoms with Gasteiger partial charge in [-0.3, -0.25) is 4.79 Å². The van der Waals surface area contributed by atoms with E-state index in [-0.39, 0.29) is 11.5 Å². The molecule has 1 heterocycles. The Balaban J connectivity index is 2.67. The molecule has 1 aromatic heterocycles. The molecule has 0 amide bonds. The molecule has 5 nitrogen and oxygen atoms in total. The number of carbonyl (C=O) groups excluding carboxylic acids is 1. The molecule has 1 aromatic carbocycles. The number of benzene rings is 1. The van der Waals surface area contributed by atoms with Crippen molar-refractivity contribution in [3.8, 4) is 5.75 Å². The number of furan rings is 1. The summed E-state index contributed by atoms with van der Waals surface area (Å²) in [6.45, 7) is 5.20. The van der Waals surface area contributed by atoms with Gasteiger partial charge in [-0.05, 0) is 24.6 Å². The minimum atomic E-state index is -1.16. The van der Waals surface area contributed by atoms with Crippen LogP contribution in [0.3, 0.4) is 0 Å². The Morgan fingerprint density at radius 1 is 1.32 bits per heavy atom. The van der Waals surface area contributed by atoms with Crippen LogP contribution >= 0.6 is 0 Å². The lowest BCUT2D eigenvalue weighted by molar-refractivity contribution is 0.0664. The second-order valence-corrected chi connectivity index (χ2v) is 4.12. The van der Waals surface area contributed by atoms with Crippen molar-refractivity contribution >= 4 is 22.7 Å². The normalized spacial score (nSPS) is 10.4. The molecule has 0 saturated heterocycles. The third-order valence-corrected chi connectivity index (χ3v) is 2.68. The summed E-state index contributed by atoms with van der Waals surface area (Å²) >= 11 is 0. The molecule has 2 aromatic rings. The number of carbonyl (C=O) groups is 2. The number of rotatable bonds is 4. The van der Waals surface area contributed by atoms with Crippen molar-refractivity contribution in [2.24, 2.45) is 0 Å². The monoisotopic (exact) mass is 260 g/mol. The molecule has 0 aliphatic heterocycles. The van der Waals surface area contributed by atoms with E-state index in [2.05, 4.69) is 6.58 Å². The van der Waals surface area contributed by atoms with Crippen LogP contribution in [0.1, 0.15) is 27.8 Å². The zero-order chi connectivity index (χ0) is 14.2. The van der Waals surface area contributed by atoms with Gasteiger partial charge in [0.1, 0.15) is 11.3 Å². The molecular weight excluding hydrogens is 248 g/mol. The Kier molecular flexibility index (Phi) is 3.12. The van der Waals surface area contributed by atoms with Crippen molar-refractivity contribution in [1.29, 1.82) is 0 Å².